The number of carbonyl (C=O) groups is 2. The molecule has 102 valence electrons. The summed E-state index contributed by atoms with van der Waals surface area (Å²) in [6, 6.07) is 11.6. The highest BCUT2D eigenvalue weighted by molar-refractivity contribution is 6.41. The molecule has 0 bridgehead atoms. The normalized spacial score (nSPS) is 10.1. The van der Waals surface area contributed by atoms with E-state index in [-0.39, 0.29) is 5.56 Å². The summed E-state index contributed by atoms with van der Waals surface area (Å²) in [7, 11) is 1.45. The summed E-state index contributed by atoms with van der Waals surface area (Å²) < 4.78 is 5.03. The molecule has 0 saturated carbocycles. The molecule has 0 fully saturated rings. The first-order chi connectivity index (χ1) is 9.52. The summed E-state index contributed by atoms with van der Waals surface area (Å²) >= 11 is 5.92. The first-order valence-electron chi connectivity index (χ1n) is 5.74. The molecular formula is C15H11ClO4. The second-order valence-corrected chi connectivity index (χ2v) is 4.49. The van der Waals surface area contributed by atoms with Gasteiger partial charge in [-0.2, -0.15) is 0 Å². The first kappa shape index (κ1) is 14.1. The molecule has 0 spiro atoms. The van der Waals surface area contributed by atoms with Crippen molar-refractivity contribution in [1.82, 2.24) is 0 Å². The van der Waals surface area contributed by atoms with Crippen molar-refractivity contribution >= 4 is 23.4 Å². The van der Waals surface area contributed by atoms with E-state index < -0.39 is 11.8 Å². The molecule has 1 N–H and O–H groups in total. The predicted molar refractivity (Wildman–Crippen MR) is 75.4 cm³/mol. The van der Waals surface area contributed by atoms with Crippen LogP contribution in [0.2, 0.25) is 5.02 Å². The van der Waals surface area contributed by atoms with Gasteiger partial charge in [0.2, 0.25) is 0 Å². The van der Waals surface area contributed by atoms with Crippen LogP contribution in [0.15, 0.2) is 42.5 Å². The van der Waals surface area contributed by atoms with E-state index in [0.29, 0.717) is 21.9 Å². The van der Waals surface area contributed by atoms with Crippen LogP contribution >= 0.6 is 11.6 Å². The molecular weight excluding hydrogens is 280 g/mol. The van der Waals surface area contributed by atoms with Crippen LogP contribution in [-0.2, 0) is 4.79 Å². The van der Waals surface area contributed by atoms with Crippen LogP contribution < -0.4 is 4.74 Å². The highest BCUT2D eigenvalue weighted by Gasteiger charge is 2.20. The van der Waals surface area contributed by atoms with Gasteiger partial charge in [0.05, 0.1) is 7.11 Å². The van der Waals surface area contributed by atoms with E-state index in [1.807, 2.05) is 0 Å². The van der Waals surface area contributed by atoms with Gasteiger partial charge in [0.15, 0.2) is 0 Å². The van der Waals surface area contributed by atoms with Crippen LogP contribution in [-0.4, -0.2) is 24.0 Å². The summed E-state index contributed by atoms with van der Waals surface area (Å²) in [6.07, 6.45) is 0. The number of ether oxygens (including phenoxy) is 1. The minimum absolute atomic E-state index is 0.0686. The second kappa shape index (κ2) is 5.75. The number of ketones is 1. The van der Waals surface area contributed by atoms with Crippen molar-refractivity contribution in [2.45, 2.75) is 0 Å². The van der Waals surface area contributed by atoms with E-state index in [2.05, 4.69) is 0 Å². The molecule has 0 heterocycles. The lowest BCUT2D eigenvalue weighted by Gasteiger charge is -2.09. The van der Waals surface area contributed by atoms with Gasteiger partial charge in [0.1, 0.15) is 5.75 Å². The van der Waals surface area contributed by atoms with Crippen molar-refractivity contribution in [3.63, 3.8) is 0 Å². The first-order valence-corrected chi connectivity index (χ1v) is 6.12. The summed E-state index contributed by atoms with van der Waals surface area (Å²) in [6.45, 7) is 0. The van der Waals surface area contributed by atoms with Gasteiger partial charge in [-0.15, -0.1) is 0 Å². The molecule has 20 heavy (non-hydrogen) atoms. The van der Waals surface area contributed by atoms with Crippen LogP contribution in [0.1, 0.15) is 10.4 Å². The van der Waals surface area contributed by atoms with Gasteiger partial charge in [-0.05, 0) is 41.5 Å². The van der Waals surface area contributed by atoms with Crippen LogP contribution in [0.5, 0.6) is 5.75 Å². The van der Waals surface area contributed by atoms with Crippen LogP contribution in [0.4, 0.5) is 0 Å². The van der Waals surface area contributed by atoms with E-state index in [0.717, 1.165) is 0 Å². The van der Waals surface area contributed by atoms with Crippen LogP contribution in [0, 0.1) is 0 Å². The van der Waals surface area contributed by atoms with Crippen molar-refractivity contribution in [1.29, 1.82) is 0 Å². The number of halogens is 1. The van der Waals surface area contributed by atoms with Gasteiger partial charge in [-0.3, -0.25) is 4.79 Å². The zero-order chi connectivity index (χ0) is 14.7. The molecule has 0 amide bonds. The van der Waals surface area contributed by atoms with Crippen molar-refractivity contribution in [3.8, 4) is 16.9 Å². The Labute approximate surface area is 120 Å². The van der Waals surface area contributed by atoms with Gasteiger partial charge in [-0.25, -0.2) is 4.79 Å². The Morgan fingerprint density at radius 1 is 1.15 bits per heavy atom. The average molecular weight is 291 g/mol. The van der Waals surface area contributed by atoms with Gasteiger partial charge in [-0.1, -0.05) is 23.7 Å². The number of carbonyl (C=O) groups excluding carboxylic acids is 1. The maximum Gasteiger partial charge on any atom is 0.377 e. The highest BCUT2D eigenvalue weighted by atomic mass is 35.5. The monoisotopic (exact) mass is 290 g/mol. The third-order valence-electron chi connectivity index (χ3n) is 2.80. The fraction of sp³-hybridized carbons (Fsp3) is 0.0667. The predicted octanol–water partition coefficient (Wildman–Crippen LogP) is 3.28. The van der Waals surface area contributed by atoms with E-state index in [1.165, 1.54) is 13.2 Å². The molecule has 0 saturated heterocycles. The number of methoxy groups -OCH3 is 1. The molecule has 2 aromatic carbocycles. The Morgan fingerprint density at radius 3 is 2.50 bits per heavy atom. The van der Waals surface area contributed by atoms with Gasteiger partial charge >= 0.3 is 5.97 Å². The van der Waals surface area contributed by atoms with E-state index >= 15 is 0 Å². The molecule has 0 radical (unpaired) electrons. The number of carboxylic acid groups (broad SMARTS) is 1. The zero-order valence-electron chi connectivity index (χ0n) is 10.6. The van der Waals surface area contributed by atoms with Gasteiger partial charge < -0.3 is 9.84 Å². The molecule has 0 unspecified atom stereocenters. The van der Waals surface area contributed by atoms with Gasteiger partial charge in [0, 0.05) is 10.6 Å². The third-order valence-corrected chi connectivity index (χ3v) is 3.04. The number of rotatable bonds is 4. The van der Waals surface area contributed by atoms with E-state index in [4.69, 9.17) is 21.4 Å². The number of hydrogen-bond acceptors (Lipinski definition) is 3. The quantitative estimate of drug-likeness (QED) is 0.693. The minimum Gasteiger partial charge on any atom is -0.497 e. The Balaban J connectivity index is 2.63. The zero-order valence-corrected chi connectivity index (χ0v) is 11.3. The van der Waals surface area contributed by atoms with E-state index in [9.17, 15) is 9.59 Å². The molecule has 2 rings (SSSR count). The SMILES string of the molecule is COc1ccc(-c2cccc(Cl)c2)c(C(=O)C(=O)O)c1. The maximum atomic E-state index is 11.8. The van der Waals surface area contributed by atoms with Crippen molar-refractivity contribution in [3.05, 3.63) is 53.1 Å². The summed E-state index contributed by atoms with van der Waals surface area (Å²) in [5, 5.41) is 9.42. The second-order valence-electron chi connectivity index (χ2n) is 4.06. The van der Waals surface area contributed by atoms with Crippen molar-refractivity contribution in [2.24, 2.45) is 0 Å². The fourth-order valence-electron chi connectivity index (χ4n) is 1.86. The lowest BCUT2D eigenvalue weighted by Crippen LogP contribution is -2.14. The molecule has 4 nitrogen and oxygen atoms in total. The number of Topliss-reactive ketones (excluding diaryl/α,β-unsaturated/α-hetero) is 1. The lowest BCUT2D eigenvalue weighted by molar-refractivity contribution is -0.131. The van der Waals surface area contributed by atoms with Crippen molar-refractivity contribution in [2.75, 3.05) is 7.11 Å². The molecule has 0 aliphatic carbocycles. The molecule has 0 aromatic heterocycles. The summed E-state index contributed by atoms with van der Waals surface area (Å²) in [5.41, 5.74) is 1.24. The summed E-state index contributed by atoms with van der Waals surface area (Å²) in [4.78, 5) is 22.7. The topological polar surface area (TPSA) is 63.6 Å². The molecule has 5 heteroatoms. The van der Waals surface area contributed by atoms with Crippen molar-refractivity contribution < 1.29 is 19.4 Å². The molecule has 0 aliphatic rings. The highest BCUT2D eigenvalue weighted by Crippen LogP contribution is 2.29. The smallest absolute Gasteiger partial charge is 0.377 e. The van der Waals surface area contributed by atoms with Crippen LogP contribution in [0.25, 0.3) is 11.1 Å². The van der Waals surface area contributed by atoms with E-state index in [1.54, 1.807) is 36.4 Å². The third kappa shape index (κ3) is 2.81. The average Bonchev–Trinajstić information content (AvgIpc) is 2.45. The number of aliphatic carboxylic acids is 1. The Kier molecular flexibility index (Phi) is 4.05. The van der Waals surface area contributed by atoms with Crippen LogP contribution in [0.3, 0.4) is 0 Å². The fourth-order valence-corrected chi connectivity index (χ4v) is 2.05. The standard InChI is InChI=1S/C15H11ClO4/c1-20-11-5-6-12(9-3-2-4-10(16)7-9)13(8-11)14(17)15(18)19/h2-8H,1H3,(H,18,19). The number of hydrogen-bond donors (Lipinski definition) is 1. The lowest BCUT2D eigenvalue weighted by atomic mass is 9.96. The Bertz CT molecular complexity index is 679. The largest absolute Gasteiger partial charge is 0.497 e. The number of benzene rings is 2. The summed E-state index contributed by atoms with van der Waals surface area (Å²) in [5.74, 6) is -2.08. The van der Waals surface area contributed by atoms with Gasteiger partial charge in [0.25, 0.3) is 5.78 Å². The Morgan fingerprint density at radius 2 is 1.90 bits per heavy atom. The number of carboxylic acids is 1. The minimum atomic E-state index is -1.51. The molecule has 0 atom stereocenters. The maximum absolute atomic E-state index is 11.8. The Hall–Kier alpha value is -2.33. The molecule has 2 aromatic rings. The molecule has 0 aliphatic heterocycles.